The van der Waals surface area contributed by atoms with Crippen LogP contribution in [-0.4, -0.2) is 213 Å². The molecule has 4 aromatic rings. The molecule has 6 N–H and O–H groups in total. The van der Waals surface area contributed by atoms with Crippen LogP contribution in [0.15, 0.2) is 85.2 Å². The van der Waals surface area contributed by atoms with Gasteiger partial charge in [-0.2, -0.15) is 0 Å². The summed E-state index contributed by atoms with van der Waals surface area (Å²) in [6.45, 7) is 11.9. The number of anilines is 2. The molecule has 0 spiro atoms. The van der Waals surface area contributed by atoms with Crippen LogP contribution in [0.3, 0.4) is 0 Å². The van der Waals surface area contributed by atoms with Crippen LogP contribution in [0.2, 0.25) is 20.1 Å². The number of benzene rings is 2. The Kier molecular flexibility index (Phi) is 42.4. The molecule has 2 aromatic heterocycles. The van der Waals surface area contributed by atoms with E-state index in [1.807, 2.05) is 0 Å². The number of nitrogens with zero attached hydrogens (tertiary/aromatic N) is 4. The van der Waals surface area contributed by atoms with Crippen molar-refractivity contribution in [2.45, 2.75) is 141 Å². The largest absolute Gasteiger partial charge is 0.469 e. The van der Waals surface area contributed by atoms with E-state index < -0.39 is 83.1 Å². The lowest BCUT2D eigenvalue weighted by atomic mass is 10.0. The second kappa shape index (κ2) is 49.8. The van der Waals surface area contributed by atoms with E-state index in [1.54, 1.807) is 115 Å². The molecule has 30 nitrogen and oxygen atoms in total. The molecule has 0 radical (unpaired) electrons. The van der Waals surface area contributed by atoms with Gasteiger partial charge in [0, 0.05) is 84.3 Å². The number of pyridine rings is 2. The predicted molar refractivity (Wildman–Crippen MR) is 395 cm³/mol. The van der Waals surface area contributed by atoms with Gasteiger partial charge in [0.1, 0.15) is 34.9 Å². The molecule has 34 heteroatoms. The number of esters is 2. The maximum atomic E-state index is 13.9. The van der Waals surface area contributed by atoms with E-state index in [0.29, 0.717) is 48.4 Å². The first-order valence-electron chi connectivity index (χ1n) is 34.6. The Balaban J connectivity index is 1.11. The highest BCUT2D eigenvalue weighted by Crippen LogP contribution is 2.28. The standard InChI is InChI=1S/C72H100Cl4N10O20/c1-71(2,3)105-69(95)85(59-17-9-13-23-77-59)27-15-11-19-63(89)81-57(67(93)83-55(45-65(91)97-7)49-39-51(73)43-52(74)40-49)47-103-37-35-101-33-31-99-29-25-79-61(87)21-22-62(88)80-26-30-100-32-34-102-36-38-104-48-58(68(94)84-56(46-66(92)98-8)50-41-53(75)44-54(76)42-50)82-64(90)20-12-16-28-86(60-18-10-14-24-78-60)70(96)106-72(4,5)6/h9-10,13-14,17-18,23-24,39-44,55-58H,11-12,15-16,19-22,25-38,45-48H2,1-8H3,(H,79,87)(H,80,88)(H,81,89)(H,82,90)(H,83,93)(H,84,94)/t55?,56?,57-,58-/m0/s1. The molecule has 586 valence electrons. The van der Waals surface area contributed by atoms with Gasteiger partial charge in [0.15, 0.2) is 0 Å². The zero-order valence-electron chi connectivity index (χ0n) is 61.2. The molecule has 4 atom stereocenters. The monoisotopic (exact) mass is 1560 g/mol. The maximum Gasteiger partial charge on any atom is 0.416 e. The average Bonchev–Trinajstić information content (AvgIpc) is 0.860. The molecule has 0 aliphatic heterocycles. The molecular weight excluding hydrogens is 1470 g/mol. The third-order valence-corrected chi connectivity index (χ3v) is 15.5. The fourth-order valence-electron chi connectivity index (χ4n) is 9.58. The molecule has 4 rings (SSSR count). The zero-order valence-corrected chi connectivity index (χ0v) is 64.3. The van der Waals surface area contributed by atoms with Crippen LogP contribution in [0.1, 0.15) is 129 Å². The van der Waals surface area contributed by atoms with Crippen LogP contribution < -0.4 is 41.7 Å². The van der Waals surface area contributed by atoms with Crippen LogP contribution in [0, 0.1) is 0 Å². The van der Waals surface area contributed by atoms with E-state index in [1.165, 1.54) is 36.2 Å². The summed E-state index contributed by atoms with van der Waals surface area (Å²) < 4.78 is 54.9. The van der Waals surface area contributed by atoms with Crippen molar-refractivity contribution in [1.29, 1.82) is 0 Å². The molecule has 0 saturated carbocycles. The topological polar surface area (TPSA) is 367 Å². The highest BCUT2D eigenvalue weighted by Gasteiger charge is 2.31. The third-order valence-electron chi connectivity index (χ3n) is 14.6. The number of hydrogen-bond acceptors (Lipinski definition) is 22. The Bertz CT molecular complexity index is 3140. The van der Waals surface area contributed by atoms with E-state index in [4.69, 9.17) is 93.8 Å². The molecule has 2 aromatic carbocycles. The molecule has 0 bridgehead atoms. The SMILES string of the molecule is COC(=O)CC(NC(=O)[C@H](COCCOCCOCCNC(=O)CCC(=O)NCCOCCOCCOC[C@H](NC(=O)CCCCN(C(=O)OC(C)(C)C)c1ccccn1)C(=O)NC(CC(=O)OC)c1cc(Cl)cc(Cl)c1)NC(=O)CCCCN(C(=O)OC(C)(C)C)c1ccccn1)c1cc(Cl)cc(Cl)c1. The Morgan fingerprint density at radius 2 is 0.764 bits per heavy atom. The van der Waals surface area contributed by atoms with Gasteiger partial charge in [0.2, 0.25) is 35.4 Å². The van der Waals surface area contributed by atoms with Crippen LogP contribution in [-0.2, 0) is 85.7 Å². The first-order valence-corrected chi connectivity index (χ1v) is 36.1. The molecule has 106 heavy (non-hydrogen) atoms. The number of nitrogens with one attached hydrogen (secondary N) is 6. The van der Waals surface area contributed by atoms with Gasteiger partial charge in [-0.15, -0.1) is 0 Å². The number of amides is 8. The summed E-state index contributed by atoms with van der Waals surface area (Å²) in [6.07, 6.45) is 2.61. The number of carbonyl (C=O) groups excluding carboxylic acids is 10. The molecule has 0 aliphatic carbocycles. The van der Waals surface area contributed by atoms with Gasteiger partial charge in [0.05, 0.1) is 118 Å². The Hall–Kier alpha value is -8.04. The quantitative estimate of drug-likeness (QED) is 0.0137. The molecule has 0 aliphatic rings. The van der Waals surface area contributed by atoms with E-state index in [0.717, 1.165) is 0 Å². The second-order valence-corrected chi connectivity index (χ2v) is 27.4. The molecule has 0 saturated heterocycles. The van der Waals surface area contributed by atoms with Crippen molar-refractivity contribution in [3.63, 3.8) is 0 Å². The lowest BCUT2D eigenvalue weighted by Crippen LogP contribution is -2.50. The van der Waals surface area contributed by atoms with Crippen molar-refractivity contribution < 1.29 is 95.3 Å². The molecule has 0 fully saturated rings. The summed E-state index contributed by atoms with van der Waals surface area (Å²) in [5.74, 6) is -3.52. The lowest BCUT2D eigenvalue weighted by molar-refractivity contribution is -0.142. The maximum absolute atomic E-state index is 13.9. The Morgan fingerprint density at radius 3 is 1.08 bits per heavy atom. The zero-order chi connectivity index (χ0) is 77.9. The number of methoxy groups -OCH3 is 2. The van der Waals surface area contributed by atoms with Gasteiger partial charge < -0.3 is 79.3 Å². The number of rotatable bonds is 49. The van der Waals surface area contributed by atoms with Crippen molar-refractivity contribution in [3.8, 4) is 0 Å². The highest BCUT2D eigenvalue weighted by atomic mass is 35.5. The third kappa shape index (κ3) is 39.0. The van der Waals surface area contributed by atoms with E-state index in [9.17, 15) is 47.9 Å². The van der Waals surface area contributed by atoms with Crippen LogP contribution in [0.25, 0.3) is 0 Å². The van der Waals surface area contributed by atoms with Crippen LogP contribution in [0.5, 0.6) is 0 Å². The smallest absolute Gasteiger partial charge is 0.416 e. The van der Waals surface area contributed by atoms with Crippen molar-refractivity contribution >= 4 is 118 Å². The molecule has 2 unspecified atom stereocenters. The number of aromatic nitrogens is 2. The van der Waals surface area contributed by atoms with Gasteiger partial charge in [-0.05, 0) is 139 Å². The summed E-state index contributed by atoms with van der Waals surface area (Å²) in [5, 5.41) is 17.5. The minimum absolute atomic E-state index is 0.0162. The average molecular weight is 1570 g/mol. The minimum atomic E-state index is -1.23. The van der Waals surface area contributed by atoms with Gasteiger partial charge in [-0.1, -0.05) is 58.5 Å². The fourth-order valence-corrected chi connectivity index (χ4v) is 10.7. The number of carbonyl (C=O) groups is 10. The van der Waals surface area contributed by atoms with E-state index >= 15 is 0 Å². The summed E-state index contributed by atoms with van der Waals surface area (Å²) in [4.78, 5) is 142. The summed E-state index contributed by atoms with van der Waals surface area (Å²) in [6, 6.07) is 15.1. The molecule has 8 amide bonds. The molecular formula is C72H100Cl4N10O20. The minimum Gasteiger partial charge on any atom is -0.469 e. The summed E-state index contributed by atoms with van der Waals surface area (Å²) in [5.41, 5.74) is -0.685. The van der Waals surface area contributed by atoms with Crippen LogP contribution in [0.4, 0.5) is 21.2 Å². The first kappa shape index (κ1) is 90.4. The van der Waals surface area contributed by atoms with Gasteiger partial charge in [-0.25, -0.2) is 19.6 Å². The van der Waals surface area contributed by atoms with Crippen molar-refractivity contribution in [3.05, 3.63) is 116 Å². The number of hydrogen-bond donors (Lipinski definition) is 6. The van der Waals surface area contributed by atoms with Gasteiger partial charge in [0.25, 0.3) is 0 Å². The molecule has 2 heterocycles. The Labute approximate surface area is 638 Å². The van der Waals surface area contributed by atoms with E-state index in [-0.39, 0.29) is 176 Å². The summed E-state index contributed by atoms with van der Waals surface area (Å²) in [7, 11) is 2.41. The Morgan fingerprint density at radius 1 is 0.425 bits per heavy atom. The normalized spacial score (nSPS) is 12.5. The predicted octanol–water partition coefficient (Wildman–Crippen LogP) is 8.54. The van der Waals surface area contributed by atoms with E-state index in [2.05, 4.69) is 41.9 Å². The van der Waals surface area contributed by atoms with Crippen molar-refractivity contribution in [1.82, 2.24) is 41.9 Å². The fraction of sp³-hybridized carbons (Fsp3) is 0.556. The first-order chi connectivity index (χ1) is 50.5. The highest BCUT2D eigenvalue weighted by molar-refractivity contribution is 6.35. The van der Waals surface area contributed by atoms with Gasteiger partial charge >= 0.3 is 24.1 Å². The number of unbranched alkanes of at least 4 members (excludes halogenated alkanes) is 2. The van der Waals surface area contributed by atoms with Crippen LogP contribution >= 0.6 is 46.4 Å². The lowest BCUT2D eigenvalue weighted by Gasteiger charge is -2.27. The number of ether oxygens (including phenoxy) is 10. The number of halogens is 4. The summed E-state index contributed by atoms with van der Waals surface area (Å²) >= 11 is 25.1. The van der Waals surface area contributed by atoms with Crippen molar-refractivity contribution in [2.24, 2.45) is 0 Å². The van der Waals surface area contributed by atoms with Crippen molar-refractivity contribution in [2.75, 3.05) is 129 Å². The second-order valence-electron chi connectivity index (χ2n) is 25.7. The van der Waals surface area contributed by atoms with Gasteiger partial charge in [-0.3, -0.25) is 48.2 Å².